The van der Waals surface area contributed by atoms with Gasteiger partial charge in [-0.1, -0.05) is 12.1 Å². The van der Waals surface area contributed by atoms with E-state index in [-0.39, 0.29) is 17.9 Å². The zero-order valence-corrected chi connectivity index (χ0v) is 9.32. The molecule has 0 aliphatic carbocycles. The average Bonchev–Trinajstić information content (AvgIpc) is 2.60. The van der Waals surface area contributed by atoms with Gasteiger partial charge in [-0.3, -0.25) is 0 Å². The van der Waals surface area contributed by atoms with Gasteiger partial charge in [0.1, 0.15) is 5.82 Å². The summed E-state index contributed by atoms with van der Waals surface area (Å²) in [5, 5.41) is 6.08. The predicted molar refractivity (Wildman–Crippen MR) is 61.0 cm³/mol. The molecule has 17 heavy (non-hydrogen) atoms. The van der Waals surface area contributed by atoms with Crippen molar-refractivity contribution in [3.63, 3.8) is 0 Å². The van der Waals surface area contributed by atoms with Crippen LogP contribution >= 0.6 is 0 Å². The first-order valence-corrected chi connectivity index (χ1v) is 5.77. The summed E-state index contributed by atoms with van der Waals surface area (Å²) in [4.78, 5) is 13.6. The summed E-state index contributed by atoms with van der Waals surface area (Å²) in [7, 11) is 0. The Kier molecular flexibility index (Phi) is 2.48. The average molecular weight is 235 g/mol. The Labute approximate surface area is 98.8 Å². The van der Waals surface area contributed by atoms with E-state index < -0.39 is 0 Å². The molecule has 2 amide bonds. The third-order valence-corrected chi connectivity index (χ3v) is 3.41. The largest absolute Gasteiger partial charge is 0.329 e. The summed E-state index contributed by atoms with van der Waals surface area (Å²) >= 11 is 0. The second kappa shape index (κ2) is 4.00. The van der Waals surface area contributed by atoms with Gasteiger partial charge in [0.05, 0.1) is 12.1 Å². The maximum Gasteiger partial charge on any atom is 0.318 e. The lowest BCUT2D eigenvalue weighted by molar-refractivity contribution is 0.172. The molecule has 5 heteroatoms. The highest BCUT2D eigenvalue weighted by atomic mass is 19.1. The van der Waals surface area contributed by atoms with Crippen molar-refractivity contribution in [2.24, 2.45) is 0 Å². The first-order chi connectivity index (χ1) is 8.24. The molecule has 2 heterocycles. The van der Waals surface area contributed by atoms with Gasteiger partial charge in [-0.05, 0) is 17.7 Å². The standard InChI is InChI=1S/C12H14FN3O/c13-9-3-1-8(2-4-9)11-7-16(12(17)15-11)10-5-14-6-10/h1-4,10-11,14H,5-7H2,(H,15,17). The number of amides is 2. The van der Waals surface area contributed by atoms with Crippen LogP contribution in [0.15, 0.2) is 24.3 Å². The number of carbonyl (C=O) groups is 1. The molecule has 90 valence electrons. The molecule has 2 saturated heterocycles. The molecule has 4 nitrogen and oxygen atoms in total. The Morgan fingerprint density at radius 1 is 1.24 bits per heavy atom. The number of nitrogens with one attached hydrogen (secondary N) is 2. The smallest absolute Gasteiger partial charge is 0.318 e. The summed E-state index contributed by atoms with van der Waals surface area (Å²) < 4.78 is 12.8. The molecule has 0 radical (unpaired) electrons. The number of hydrogen-bond donors (Lipinski definition) is 2. The number of carbonyl (C=O) groups excluding carboxylic acids is 1. The minimum absolute atomic E-state index is 0.0224. The Balaban J connectivity index is 1.73. The Morgan fingerprint density at radius 3 is 2.53 bits per heavy atom. The van der Waals surface area contributed by atoms with Crippen molar-refractivity contribution in [2.75, 3.05) is 19.6 Å². The molecule has 1 atom stereocenters. The first-order valence-electron chi connectivity index (χ1n) is 5.77. The van der Waals surface area contributed by atoms with Crippen molar-refractivity contribution in [3.8, 4) is 0 Å². The highest BCUT2D eigenvalue weighted by molar-refractivity contribution is 5.77. The molecule has 2 aliphatic heterocycles. The van der Waals surface area contributed by atoms with Gasteiger partial charge in [0.25, 0.3) is 0 Å². The predicted octanol–water partition coefficient (Wildman–Crippen LogP) is 0.864. The molecule has 1 aromatic carbocycles. The topological polar surface area (TPSA) is 44.4 Å². The van der Waals surface area contributed by atoms with Gasteiger partial charge in [0, 0.05) is 19.6 Å². The number of halogens is 1. The van der Waals surface area contributed by atoms with Crippen LogP contribution in [0.2, 0.25) is 0 Å². The summed E-state index contributed by atoms with van der Waals surface area (Å²) in [6, 6.07) is 6.56. The fourth-order valence-corrected chi connectivity index (χ4v) is 2.25. The van der Waals surface area contributed by atoms with Crippen molar-refractivity contribution in [1.29, 1.82) is 0 Å². The Bertz CT molecular complexity index is 430. The summed E-state index contributed by atoms with van der Waals surface area (Å²) in [5.41, 5.74) is 0.953. The maximum atomic E-state index is 12.8. The third kappa shape index (κ3) is 1.86. The van der Waals surface area contributed by atoms with Crippen molar-refractivity contribution in [1.82, 2.24) is 15.5 Å². The van der Waals surface area contributed by atoms with Crippen molar-refractivity contribution < 1.29 is 9.18 Å². The van der Waals surface area contributed by atoms with Crippen LogP contribution in [0, 0.1) is 5.82 Å². The van der Waals surface area contributed by atoms with Gasteiger partial charge in [0.15, 0.2) is 0 Å². The first kappa shape index (κ1) is 10.5. The van der Waals surface area contributed by atoms with Crippen LogP contribution in [0.1, 0.15) is 11.6 Å². The minimum atomic E-state index is -0.252. The van der Waals surface area contributed by atoms with Crippen LogP contribution in [0.3, 0.4) is 0 Å². The highest BCUT2D eigenvalue weighted by Gasteiger charge is 2.36. The highest BCUT2D eigenvalue weighted by Crippen LogP contribution is 2.23. The zero-order chi connectivity index (χ0) is 11.8. The van der Waals surface area contributed by atoms with E-state index in [4.69, 9.17) is 0 Å². The molecule has 3 rings (SSSR count). The molecule has 2 fully saturated rings. The molecule has 0 saturated carbocycles. The van der Waals surface area contributed by atoms with Crippen LogP contribution in [0.25, 0.3) is 0 Å². The van der Waals surface area contributed by atoms with E-state index in [1.807, 2.05) is 4.90 Å². The SMILES string of the molecule is O=C1NC(c2ccc(F)cc2)CN1C1CNC1. The van der Waals surface area contributed by atoms with E-state index in [1.165, 1.54) is 12.1 Å². The second-order valence-electron chi connectivity index (χ2n) is 4.52. The molecule has 0 aromatic heterocycles. The molecule has 1 unspecified atom stereocenters. The fourth-order valence-electron chi connectivity index (χ4n) is 2.25. The summed E-state index contributed by atoms with van der Waals surface area (Å²) in [6.07, 6.45) is 0. The molecule has 0 bridgehead atoms. The van der Waals surface area contributed by atoms with E-state index in [0.29, 0.717) is 12.6 Å². The number of urea groups is 1. The number of hydrogen-bond acceptors (Lipinski definition) is 2. The lowest BCUT2D eigenvalue weighted by atomic mass is 10.1. The van der Waals surface area contributed by atoms with Gasteiger partial charge in [0.2, 0.25) is 0 Å². The van der Waals surface area contributed by atoms with Gasteiger partial charge in [-0.15, -0.1) is 0 Å². The second-order valence-corrected chi connectivity index (χ2v) is 4.52. The Hall–Kier alpha value is -1.62. The van der Waals surface area contributed by atoms with Gasteiger partial charge in [-0.25, -0.2) is 9.18 Å². The van der Waals surface area contributed by atoms with E-state index in [2.05, 4.69) is 10.6 Å². The van der Waals surface area contributed by atoms with Crippen LogP contribution < -0.4 is 10.6 Å². The van der Waals surface area contributed by atoms with Gasteiger partial charge in [-0.2, -0.15) is 0 Å². The van der Waals surface area contributed by atoms with Crippen molar-refractivity contribution >= 4 is 6.03 Å². The fraction of sp³-hybridized carbons (Fsp3) is 0.417. The van der Waals surface area contributed by atoms with Crippen LogP contribution in [-0.4, -0.2) is 36.6 Å². The van der Waals surface area contributed by atoms with Gasteiger partial charge >= 0.3 is 6.03 Å². The maximum absolute atomic E-state index is 12.8. The molecule has 2 aliphatic rings. The van der Waals surface area contributed by atoms with E-state index in [9.17, 15) is 9.18 Å². The molecule has 0 spiro atoms. The number of benzene rings is 1. The van der Waals surface area contributed by atoms with Crippen molar-refractivity contribution in [3.05, 3.63) is 35.6 Å². The van der Waals surface area contributed by atoms with Crippen LogP contribution in [-0.2, 0) is 0 Å². The Morgan fingerprint density at radius 2 is 1.94 bits per heavy atom. The molecular formula is C12H14FN3O. The lowest BCUT2D eigenvalue weighted by Gasteiger charge is -2.34. The normalized spacial score (nSPS) is 24.6. The minimum Gasteiger partial charge on any atom is -0.329 e. The number of nitrogens with zero attached hydrogens (tertiary/aromatic N) is 1. The number of rotatable bonds is 2. The summed E-state index contributed by atoms with van der Waals surface area (Å²) in [5.74, 6) is -0.252. The lowest BCUT2D eigenvalue weighted by Crippen LogP contribution is -2.57. The van der Waals surface area contributed by atoms with Crippen molar-refractivity contribution in [2.45, 2.75) is 12.1 Å². The quantitative estimate of drug-likeness (QED) is 0.798. The zero-order valence-electron chi connectivity index (χ0n) is 9.32. The van der Waals surface area contributed by atoms with E-state index >= 15 is 0 Å². The van der Waals surface area contributed by atoms with E-state index in [1.54, 1.807) is 12.1 Å². The van der Waals surface area contributed by atoms with E-state index in [0.717, 1.165) is 18.7 Å². The molecule has 1 aromatic rings. The van der Waals surface area contributed by atoms with Gasteiger partial charge < -0.3 is 15.5 Å². The monoisotopic (exact) mass is 235 g/mol. The summed E-state index contributed by atoms with van der Waals surface area (Å²) in [6.45, 7) is 2.39. The van der Waals surface area contributed by atoms with Crippen LogP contribution in [0.4, 0.5) is 9.18 Å². The molecule has 2 N–H and O–H groups in total. The third-order valence-electron chi connectivity index (χ3n) is 3.41. The molecular weight excluding hydrogens is 221 g/mol. The van der Waals surface area contributed by atoms with Crippen LogP contribution in [0.5, 0.6) is 0 Å².